The molecule has 0 aliphatic carbocycles. The molecule has 0 aliphatic heterocycles. The predicted molar refractivity (Wildman–Crippen MR) is 74.8 cm³/mol. The number of ether oxygens (including phenoxy) is 4. The SMILES string of the molecule is COc1cc(Oc2cc(N)ccn2)cc(OC)c1OC. The Morgan fingerprint density at radius 3 is 2.10 bits per heavy atom. The van der Waals surface area contributed by atoms with E-state index in [4.69, 9.17) is 24.7 Å². The van der Waals surface area contributed by atoms with Crippen molar-refractivity contribution in [2.75, 3.05) is 27.1 Å². The molecule has 2 aromatic rings. The summed E-state index contributed by atoms with van der Waals surface area (Å²) >= 11 is 0. The normalized spacial score (nSPS) is 9.95. The Balaban J connectivity index is 2.37. The zero-order chi connectivity index (χ0) is 14.5. The first-order valence-electron chi connectivity index (χ1n) is 5.87. The zero-order valence-electron chi connectivity index (χ0n) is 11.5. The number of benzene rings is 1. The van der Waals surface area contributed by atoms with E-state index in [0.29, 0.717) is 34.6 Å². The molecule has 0 amide bonds. The highest BCUT2D eigenvalue weighted by atomic mass is 16.5. The number of hydrogen-bond acceptors (Lipinski definition) is 6. The summed E-state index contributed by atoms with van der Waals surface area (Å²) in [5, 5.41) is 0. The van der Waals surface area contributed by atoms with Gasteiger partial charge in [-0.25, -0.2) is 4.98 Å². The molecule has 0 aliphatic rings. The fourth-order valence-electron chi connectivity index (χ4n) is 1.72. The Hall–Kier alpha value is -2.63. The highest BCUT2D eigenvalue weighted by Crippen LogP contribution is 2.41. The summed E-state index contributed by atoms with van der Waals surface area (Å²) in [7, 11) is 4.63. The van der Waals surface area contributed by atoms with Gasteiger partial charge in [0, 0.05) is 30.1 Å². The third kappa shape index (κ3) is 2.85. The van der Waals surface area contributed by atoms with E-state index in [2.05, 4.69) is 4.98 Å². The standard InChI is InChI=1S/C14H16N2O4/c1-17-11-7-10(8-12(18-2)14(11)19-3)20-13-6-9(15)4-5-16-13/h4-8H,1-3H3,(H2,15,16). The van der Waals surface area contributed by atoms with E-state index in [1.807, 2.05) is 0 Å². The number of methoxy groups -OCH3 is 3. The molecule has 0 spiro atoms. The molecule has 0 fully saturated rings. The second-order valence-corrected chi connectivity index (χ2v) is 3.89. The molecule has 6 heteroatoms. The van der Waals surface area contributed by atoms with Gasteiger partial charge in [0.25, 0.3) is 0 Å². The minimum Gasteiger partial charge on any atom is -0.493 e. The maximum Gasteiger partial charge on any atom is 0.221 e. The first-order valence-corrected chi connectivity index (χ1v) is 5.87. The fourth-order valence-corrected chi connectivity index (χ4v) is 1.72. The third-order valence-corrected chi connectivity index (χ3v) is 2.62. The summed E-state index contributed by atoms with van der Waals surface area (Å²) < 4.78 is 21.4. The molecule has 0 saturated carbocycles. The number of hydrogen-bond donors (Lipinski definition) is 1. The molecule has 2 rings (SSSR count). The molecular weight excluding hydrogens is 260 g/mol. The molecule has 2 N–H and O–H groups in total. The number of rotatable bonds is 5. The Morgan fingerprint density at radius 2 is 1.60 bits per heavy atom. The average molecular weight is 276 g/mol. The summed E-state index contributed by atoms with van der Waals surface area (Å²) in [6.07, 6.45) is 1.57. The number of aromatic nitrogens is 1. The summed E-state index contributed by atoms with van der Waals surface area (Å²) in [4.78, 5) is 4.07. The first kappa shape index (κ1) is 13.8. The first-order chi connectivity index (χ1) is 9.67. The van der Waals surface area contributed by atoms with E-state index < -0.39 is 0 Å². The van der Waals surface area contributed by atoms with Crippen LogP contribution in [-0.2, 0) is 0 Å². The van der Waals surface area contributed by atoms with Crippen molar-refractivity contribution in [1.29, 1.82) is 0 Å². The van der Waals surface area contributed by atoms with Crippen LogP contribution in [0.25, 0.3) is 0 Å². The lowest BCUT2D eigenvalue weighted by atomic mass is 10.2. The number of anilines is 1. The van der Waals surface area contributed by atoms with Crippen molar-refractivity contribution in [3.05, 3.63) is 30.5 Å². The van der Waals surface area contributed by atoms with Gasteiger partial charge in [-0.1, -0.05) is 0 Å². The van der Waals surface area contributed by atoms with E-state index in [1.54, 1.807) is 51.8 Å². The van der Waals surface area contributed by atoms with Crippen LogP contribution in [0.5, 0.6) is 28.9 Å². The van der Waals surface area contributed by atoms with Crippen molar-refractivity contribution < 1.29 is 18.9 Å². The molecule has 0 saturated heterocycles. The lowest BCUT2D eigenvalue weighted by molar-refractivity contribution is 0.320. The molecule has 0 atom stereocenters. The van der Waals surface area contributed by atoms with Crippen LogP contribution in [0, 0.1) is 0 Å². The van der Waals surface area contributed by atoms with Crippen molar-refractivity contribution in [3.8, 4) is 28.9 Å². The summed E-state index contributed by atoms with van der Waals surface area (Å²) in [5.41, 5.74) is 6.25. The maximum absolute atomic E-state index is 5.68. The molecular formula is C14H16N2O4. The van der Waals surface area contributed by atoms with Crippen molar-refractivity contribution in [1.82, 2.24) is 4.98 Å². The van der Waals surface area contributed by atoms with Gasteiger partial charge < -0.3 is 24.7 Å². The molecule has 0 radical (unpaired) electrons. The molecule has 106 valence electrons. The molecule has 1 aromatic heterocycles. The van der Waals surface area contributed by atoms with Crippen molar-refractivity contribution >= 4 is 5.69 Å². The predicted octanol–water partition coefficient (Wildman–Crippen LogP) is 2.48. The second kappa shape index (κ2) is 6.01. The summed E-state index contributed by atoms with van der Waals surface area (Å²) in [5.74, 6) is 2.41. The second-order valence-electron chi connectivity index (χ2n) is 3.89. The van der Waals surface area contributed by atoms with Gasteiger partial charge in [-0.2, -0.15) is 0 Å². The topological polar surface area (TPSA) is 75.8 Å². The third-order valence-electron chi connectivity index (χ3n) is 2.62. The van der Waals surface area contributed by atoms with Crippen LogP contribution in [0.15, 0.2) is 30.5 Å². The minimum absolute atomic E-state index is 0.388. The van der Waals surface area contributed by atoms with E-state index >= 15 is 0 Å². The quantitative estimate of drug-likeness (QED) is 0.904. The molecule has 0 bridgehead atoms. The van der Waals surface area contributed by atoms with Gasteiger partial charge in [0.15, 0.2) is 11.5 Å². The van der Waals surface area contributed by atoms with Crippen molar-refractivity contribution in [2.24, 2.45) is 0 Å². The Kier molecular flexibility index (Phi) is 4.14. The Labute approximate surface area is 117 Å². The number of nitrogens with zero attached hydrogens (tertiary/aromatic N) is 1. The van der Waals surface area contributed by atoms with E-state index in [9.17, 15) is 0 Å². The van der Waals surface area contributed by atoms with Crippen LogP contribution < -0.4 is 24.7 Å². The average Bonchev–Trinajstić information content (AvgIpc) is 2.46. The van der Waals surface area contributed by atoms with Crippen LogP contribution in [0.2, 0.25) is 0 Å². The smallest absolute Gasteiger partial charge is 0.221 e. The van der Waals surface area contributed by atoms with Gasteiger partial charge in [0.1, 0.15) is 5.75 Å². The summed E-state index contributed by atoms with van der Waals surface area (Å²) in [6.45, 7) is 0. The Morgan fingerprint density at radius 1 is 0.950 bits per heavy atom. The number of pyridine rings is 1. The molecule has 0 unspecified atom stereocenters. The number of nitrogen functional groups attached to an aromatic ring is 1. The van der Waals surface area contributed by atoms with Gasteiger partial charge in [-0.05, 0) is 6.07 Å². The van der Waals surface area contributed by atoms with Gasteiger partial charge >= 0.3 is 0 Å². The molecule has 20 heavy (non-hydrogen) atoms. The lowest BCUT2D eigenvalue weighted by Gasteiger charge is -2.14. The van der Waals surface area contributed by atoms with Crippen LogP contribution in [0.1, 0.15) is 0 Å². The minimum atomic E-state index is 0.388. The van der Waals surface area contributed by atoms with E-state index in [-0.39, 0.29) is 0 Å². The van der Waals surface area contributed by atoms with Gasteiger partial charge in [-0.15, -0.1) is 0 Å². The van der Waals surface area contributed by atoms with Crippen LogP contribution in [0.3, 0.4) is 0 Å². The van der Waals surface area contributed by atoms with Crippen LogP contribution in [0.4, 0.5) is 5.69 Å². The van der Waals surface area contributed by atoms with Crippen LogP contribution >= 0.6 is 0 Å². The molecule has 1 heterocycles. The van der Waals surface area contributed by atoms with E-state index in [1.165, 1.54) is 0 Å². The lowest BCUT2D eigenvalue weighted by Crippen LogP contribution is -1.97. The van der Waals surface area contributed by atoms with Crippen molar-refractivity contribution in [3.63, 3.8) is 0 Å². The van der Waals surface area contributed by atoms with Gasteiger partial charge in [0.2, 0.25) is 11.6 Å². The zero-order valence-corrected chi connectivity index (χ0v) is 11.5. The maximum atomic E-state index is 5.68. The van der Waals surface area contributed by atoms with Crippen LogP contribution in [-0.4, -0.2) is 26.3 Å². The highest BCUT2D eigenvalue weighted by molar-refractivity contribution is 5.56. The molecule has 1 aromatic carbocycles. The number of nitrogens with two attached hydrogens (primary N) is 1. The van der Waals surface area contributed by atoms with Gasteiger partial charge in [-0.3, -0.25) is 0 Å². The Bertz CT molecular complexity index is 576. The fraction of sp³-hybridized carbons (Fsp3) is 0.214. The highest BCUT2D eigenvalue weighted by Gasteiger charge is 2.14. The summed E-state index contributed by atoms with van der Waals surface area (Å²) in [6, 6.07) is 6.68. The van der Waals surface area contributed by atoms with Crippen molar-refractivity contribution in [2.45, 2.75) is 0 Å². The van der Waals surface area contributed by atoms with Gasteiger partial charge in [0.05, 0.1) is 21.3 Å². The monoisotopic (exact) mass is 276 g/mol. The molecule has 6 nitrogen and oxygen atoms in total. The largest absolute Gasteiger partial charge is 0.493 e. The van der Waals surface area contributed by atoms with E-state index in [0.717, 1.165) is 0 Å².